The third-order valence-electron chi connectivity index (χ3n) is 2.56. The van der Waals surface area contributed by atoms with Crippen molar-refractivity contribution in [1.82, 2.24) is 9.88 Å². The van der Waals surface area contributed by atoms with Gasteiger partial charge in [0.1, 0.15) is 0 Å². The van der Waals surface area contributed by atoms with Gasteiger partial charge in [-0.2, -0.15) is 0 Å². The molecule has 0 amide bonds. The van der Waals surface area contributed by atoms with E-state index in [0.29, 0.717) is 0 Å². The van der Waals surface area contributed by atoms with Crippen LogP contribution in [0.2, 0.25) is 5.02 Å². The Morgan fingerprint density at radius 2 is 2.13 bits per heavy atom. The minimum Gasteiger partial charge on any atom is -0.361 e. The van der Waals surface area contributed by atoms with Gasteiger partial charge >= 0.3 is 0 Å². The number of nitrogens with one attached hydrogen (secondary N) is 1. The Balaban J connectivity index is 2.29. The van der Waals surface area contributed by atoms with Crippen molar-refractivity contribution in [2.24, 2.45) is 0 Å². The van der Waals surface area contributed by atoms with Crippen LogP contribution in [0.1, 0.15) is 5.56 Å². The average Bonchev–Trinajstić information content (AvgIpc) is 2.57. The molecule has 80 valence electrons. The highest BCUT2D eigenvalue weighted by atomic mass is 35.5. The fourth-order valence-corrected chi connectivity index (χ4v) is 1.88. The van der Waals surface area contributed by atoms with E-state index in [0.717, 1.165) is 23.5 Å². The lowest BCUT2D eigenvalue weighted by Crippen LogP contribution is -2.14. The first-order valence-corrected chi connectivity index (χ1v) is 5.45. The van der Waals surface area contributed by atoms with E-state index in [4.69, 9.17) is 11.6 Å². The third kappa shape index (κ3) is 2.33. The number of hydrogen-bond acceptors (Lipinski definition) is 1. The molecule has 1 aromatic heterocycles. The van der Waals surface area contributed by atoms with Crippen molar-refractivity contribution in [3.8, 4) is 0 Å². The molecule has 2 rings (SSSR count). The number of nitrogens with zero attached hydrogens (tertiary/aromatic N) is 1. The second kappa shape index (κ2) is 4.25. The molecule has 0 saturated heterocycles. The van der Waals surface area contributed by atoms with Gasteiger partial charge in [-0.1, -0.05) is 17.7 Å². The van der Waals surface area contributed by atoms with Gasteiger partial charge in [0, 0.05) is 28.7 Å². The van der Waals surface area contributed by atoms with E-state index in [1.807, 2.05) is 12.1 Å². The smallest absolute Gasteiger partial charge is 0.0471 e. The summed E-state index contributed by atoms with van der Waals surface area (Å²) >= 11 is 5.93. The number of benzene rings is 1. The fraction of sp³-hybridized carbons (Fsp3) is 0.333. The Bertz CT molecular complexity index is 460. The van der Waals surface area contributed by atoms with E-state index < -0.39 is 0 Å². The number of aromatic amines is 1. The lowest BCUT2D eigenvalue weighted by molar-refractivity contribution is 0.414. The Hall–Kier alpha value is -0.990. The van der Waals surface area contributed by atoms with Crippen LogP contribution >= 0.6 is 11.6 Å². The Morgan fingerprint density at radius 1 is 1.33 bits per heavy atom. The van der Waals surface area contributed by atoms with Crippen molar-refractivity contribution in [2.75, 3.05) is 20.6 Å². The standard InChI is InChI=1S/C12H15ClN2/c1-15(2)6-5-9-8-14-12-7-10(13)3-4-11(9)12/h3-4,7-8,14H,5-6H2,1-2H3. The predicted molar refractivity (Wildman–Crippen MR) is 65.6 cm³/mol. The Labute approximate surface area is 94.8 Å². The first-order chi connectivity index (χ1) is 7.16. The molecule has 1 N–H and O–H groups in total. The highest BCUT2D eigenvalue weighted by Gasteiger charge is 2.04. The molecule has 0 bridgehead atoms. The number of hydrogen-bond donors (Lipinski definition) is 1. The molecule has 0 aliphatic heterocycles. The first-order valence-electron chi connectivity index (χ1n) is 5.07. The molecule has 0 aliphatic rings. The quantitative estimate of drug-likeness (QED) is 0.846. The van der Waals surface area contributed by atoms with Crippen LogP contribution in [0, 0.1) is 0 Å². The van der Waals surface area contributed by atoms with E-state index in [9.17, 15) is 0 Å². The maximum atomic E-state index is 5.93. The van der Waals surface area contributed by atoms with Gasteiger partial charge in [-0.05, 0) is 38.2 Å². The summed E-state index contributed by atoms with van der Waals surface area (Å²) in [5.41, 5.74) is 2.48. The minimum absolute atomic E-state index is 0.781. The van der Waals surface area contributed by atoms with Crippen molar-refractivity contribution in [3.05, 3.63) is 35.0 Å². The molecule has 0 saturated carbocycles. The second-order valence-electron chi connectivity index (χ2n) is 4.06. The molecule has 15 heavy (non-hydrogen) atoms. The van der Waals surface area contributed by atoms with E-state index in [1.165, 1.54) is 10.9 Å². The SMILES string of the molecule is CN(C)CCc1c[nH]c2cc(Cl)ccc12. The van der Waals surface area contributed by atoms with Gasteiger partial charge in [-0.15, -0.1) is 0 Å². The monoisotopic (exact) mass is 222 g/mol. The molecule has 1 aromatic carbocycles. The van der Waals surface area contributed by atoms with Crippen LogP contribution in [0.3, 0.4) is 0 Å². The second-order valence-corrected chi connectivity index (χ2v) is 4.49. The summed E-state index contributed by atoms with van der Waals surface area (Å²) in [4.78, 5) is 5.44. The fourth-order valence-electron chi connectivity index (χ4n) is 1.71. The van der Waals surface area contributed by atoms with Gasteiger partial charge in [0.25, 0.3) is 0 Å². The van der Waals surface area contributed by atoms with Gasteiger partial charge in [0.15, 0.2) is 0 Å². The number of fused-ring (bicyclic) bond motifs is 1. The predicted octanol–water partition coefficient (Wildman–Crippen LogP) is 2.93. The molecule has 1 heterocycles. The normalized spacial score (nSPS) is 11.5. The van der Waals surface area contributed by atoms with Gasteiger partial charge in [-0.3, -0.25) is 0 Å². The molecule has 2 aromatic rings. The van der Waals surface area contributed by atoms with Crippen molar-refractivity contribution < 1.29 is 0 Å². The van der Waals surface area contributed by atoms with E-state index in [-0.39, 0.29) is 0 Å². The number of halogens is 1. The van der Waals surface area contributed by atoms with Gasteiger partial charge < -0.3 is 9.88 Å². The Morgan fingerprint density at radius 3 is 2.87 bits per heavy atom. The number of likely N-dealkylation sites (N-methyl/N-ethyl adjacent to an activating group) is 1. The first kappa shape index (κ1) is 10.5. The summed E-state index contributed by atoms with van der Waals surface area (Å²) in [5, 5.41) is 2.06. The molecule has 0 aliphatic carbocycles. The number of H-pyrrole nitrogens is 1. The molecule has 3 heteroatoms. The maximum absolute atomic E-state index is 5.93. The molecular formula is C12H15ClN2. The topological polar surface area (TPSA) is 19.0 Å². The van der Waals surface area contributed by atoms with Crippen LogP contribution < -0.4 is 0 Å². The minimum atomic E-state index is 0.781. The summed E-state index contributed by atoms with van der Waals surface area (Å²) < 4.78 is 0. The number of rotatable bonds is 3. The summed E-state index contributed by atoms with van der Waals surface area (Å²) in [6.07, 6.45) is 3.14. The molecule has 2 nitrogen and oxygen atoms in total. The Kier molecular flexibility index (Phi) is 2.98. The number of aromatic nitrogens is 1. The van der Waals surface area contributed by atoms with Crippen molar-refractivity contribution in [2.45, 2.75) is 6.42 Å². The van der Waals surface area contributed by atoms with E-state index in [1.54, 1.807) is 0 Å². The largest absolute Gasteiger partial charge is 0.361 e. The summed E-state index contributed by atoms with van der Waals surface area (Å²) in [6, 6.07) is 5.99. The lowest BCUT2D eigenvalue weighted by Gasteiger charge is -2.07. The van der Waals surface area contributed by atoms with Crippen molar-refractivity contribution in [3.63, 3.8) is 0 Å². The summed E-state index contributed by atoms with van der Waals surface area (Å²) in [7, 11) is 4.18. The molecular weight excluding hydrogens is 208 g/mol. The average molecular weight is 223 g/mol. The molecule has 0 atom stereocenters. The summed E-state index contributed by atoms with van der Waals surface area (Å²) in [5.74, 6) is 0. The zero-order chi connectivity index (χ0) is 10.8. The molecule has 0 radical (unpaired) electrons. The molecule has 0 fully saturated rings. The lowest BCUT2D eigenvalue weighted by atomic mass is 10.1. The van der Waals surface area contributed by atoms with Crippen LogP contribution in [-0.4, -0.2) is 30.5 Å². The maximum Gasteiger partial charge on any atom is 0.0471 e. The van der Waals surface area contributed by atoms with Crippen LogP contribution in [0.5, 0.6) is 0 Å². The van der Waals surface area contributed by atoms with Crippen LogP contribution in [-0.2, 0) is 6.42 Å². The van der Waals surface area contributed by atoms with Crippen LogP contribution in [0.15, 0.2) is 24.4 Å². The van der Waals surface area contributed by atoms with Crippen LogP contribution in [0.25, 0.3) is 10.9 Å². The van der Waals surface area contributed by atoms with Gasteiger partial charge in [-0.25, -0.2) is 0 Å². The van der Waals surface area contributed by atoms with Crippen molar-refractivity contribution in [1.29, 1.82) is 0 Å². The van der Waals surface area contributed by atoms with E-state index >= 15 is 0 Å². The van der Waals surface area contributed by atoms with Crippen molar-refractivity contribution >= 4 is 22.5 Å². The van der Waals surface area contributed by atoms with E-state index in [2.05, 4.69) is 36.2 Å². The zero-order valence-corrected chi connectivity index (χ0v) is 9.80. The molecule has 0 unspecified atom stereocenters. The zero-order valence-electron chi connectivity index (χ0n) is 9.05. The van der Waals surface area contributed by atoms with Gasteiger partial charge in [0.2, 0.25) is 0 Å². The van der Waals surface area contributed by atoms with Crippen LogP contribution in [0.4, 0.5) is 0 Å². The highest BCUT2D eigenvalue weighted by Crippen LogP contribution is 2.22. The third-order valence-corrected chi connectivity index (χ3v) is 2.79. The van der Waals surface area contributed by atoms with Gasteiger partial charge in [0.05, 0.1) is 0 Å². The molecule has 0 spiro atoms. The highest BCUT2D eigenvalue weighted by molar-refractivity contribution is 6.31. The summed E-state index contributed by atoms with van der Waals surface area (Å²) in [6.45, 7) is 1.07.